The third-order valence-corrected chi connectivity index (χ3v) is 8.03. The first-order chi connectivity index (χ1) is 11.8. The molecule has 5 nitrogen and oxygen atoms in total. The summed E-state index contributed by atoms with van der Waals surface area (Å²) in [4.78, 5) is 21.2. The summed E-state index contributed by atoms with van der Waals surface area (Å²) in [6.07, 6.45) is 1.47. The highest BCUT2D eigenvalue weighted by atomic mass is 32.2. The molecule has 0 fully saturated rings. The van der Waals surface area contributed by atoms with Gasteiger partial charge in [-0.1, -0.05) is 0 Å². The quantitative estimate of drug-likeness (QED) is 0.106. The van der Waals surface area contributed by atoms with Gasteiger partial charge in [-0.2, -0.15) is 23.5 Å². The van der Waals surface area contributed by atoms with Gasteiger partial charge in [0.05, 0.1) is 26.2 Å². The minimum Gasteiger partial charge on any atom is -0.455 e. The van der Waals surface area contributed by atoms with E-state index in [-0.39, 0.29) is 12.6 Å². The third kappa shape index (κ3) is 21.1. The fourth-order valence-electron chi connectivity index (χ4n) is 1.18. The first kappa shape index (κ1) is 25.1. The molecule has 0 aromatic rings. The highest BCUT2D eigenvalue weighted by molar-refractivity contribution is 8.22. The van der Waals surface area contributed by atoms with Crippen molar-refractivity contribution in [3.05, 3.63) is 0 Å². The lowest BCUT2D eigenvalue weighted by Gasteiger charge is -2.05. The molecule has 10 heteroatoms. The van der Waals surface area contributed by atoms with Crippen LogP contribution in [0.1, 0.15) is 19.8 Å². The van der Waals surface area contributed by atoms with Crippen molar-refractivity contribution in [1.29, 1.82) is 0 Å². The van der Waals surface area contributed by atoms with Crippen LogP contribution in [0.5, 0.6) is 0 Å². The number of carbonyl (C=O) groups excluding carboxylic acids is 1. The molecule has 0 atom stereocenters. The Morgan fingerprint density at radius 3 is 2.38 bits per heavy atom. The van der Waals surface area contributed by atoms with E-state index in [9.17, 15) is 4.79 Å². The Balaban J connectivity index is 3.11. The fourth-order valence-corrected chi connectivity index (χ4v) is 6.15. The summed E-state index contributed by atoms with van der Waals surface area (Å²) < 4.78 is 5.12. The van der Waals surface area contributed by atoms with Gasteiger partial charge in [-0.25, -0.2) is 9.78 Å². The van der Waals surface area contributed by atoms with Crippen molar-refractivity contribution >= 4 is 64.8 Å². The molecule has 0 saturated heterocycles. The number of aliphatic hydroxyl groups excluding tert-OH is 1. The van der Waals surface area contributed by atoms with Crippen LogP contribution in [0.2, 0.25) is 0 Å². The van der Waals surface area contributed by atoms with Gasteiger partial charge in [-0.15, -0.1) is 35.3 Å². The number of hydrogen-bond acceptors (Lipinski definition) is 10. The van der Waals surface area contributed by atoms with Crippen molar-refractivity contribution in [2.75, 3.05) is 58.3 Å². The molecule has 0 amide bonds. The molecule has 1 N–H and O–H groups in total. The van der Waals surface area contributed by atoms with E-state index in [2.05, 4.69) is 0 Å². The first-order valence-corrected chi connectivity index (χ1v) is 13.5. The fraction of sp³-hybridized carbons (Fsp3) is 0.929. The van der Waals surface area contributed by atoms with Crippen LogP contribution in [0, 0.1) is 0 Å². The molecule has 0 aromatic carbocycles. The van der Waals surface area contributed by atoms with Crippen molar-refractivity contribution in [3.63, 3.8) is 0 Å². The van der Waals surface area contributed by atoms with Crippen LogP contribution in [-0.4, -0.2) is 69.3 Å². The summed E-state index contributed by atoms with van der Waals surface area (Å²) in [5.74, 6) is 2.89. The molecule has 0 heterocycles. The summed E-state index contributed by atoms with van der Waals surface area (Å²) in [5.41, 5.74) is 0. The lowest BCUT2D eigenvalue weighted by atomic mass is 10.5. The maximum Gasteiger partial charge on any atom is 0.307 e. The highest BCUT2D eigenvalue weighted by Gasteiger charge is 2.03. The van der Waals surface area contributed by atoms with Gasteiger partial charge in [-0.3, -0.25) is 4.79 Å². The molecular weight excluding hydrogens is 408 g/mol. The van der Waals surface area contributed by atoms with E-state index in [0.29, 0.717) is 25.6 Å². The molecule has 0 unspecified atom stereocenters. The zero-order valence-corrected chi connectivity index (χ0v) is 18.2. The number of hydrogen-bond donors (Lipinski definition) is 1. The number of thioether (sulfide) groups is 5. The average Bonchev–Trinajstić information content (AvgIpc) is 2.59. The Morgan fingerprint density at radius 2 is 1.62 bits per heavy atom. The van der Waals surface area contributed by atoms with Gasteiger partial charge < -0.3 is 9.84 Å². The molecule has 0 saturated carbocycles. The van der Waals surface area contributed by atoms with Crippen molar-refractivity contribution < 1.29 is 24.4 Å². The predicted molar refractivity (Wildman–Crippen MR) is 112 cm³/mol. The summed E-state index contributed by atoms with van der Waals surface area (Å²) >= 11 is 8.75. The number of esters is 1. The van der Waals surface area contributed by atoms with Crippen molar-refractivity contribution in [2.24, 2.45) is 0 Å². The Labute approximate surface area is 166 Å². The molecule has 24 heavy (non-hydrogen) atoms. The average molecular weight is 437 g/mol. The lowest BCUT2D eigenvalue weighted by Crippen LogP contribution is -2.05. The van der Waals surface area contributed by atoms with Crippen LogP contribution in [0.15, 0.2) is 0 Å². The zero-order chi connectivity index (χ0) is 17.7. The third-order valence-electron chi connectivity index (χ3n) is 2.21. The van der Waals surface area contributed by atoms with Crippen molar-refractivity contribution in [2.45, 2.75) is 19.8 Å². The van der Waals surface area contributed by atoms with E-state index in [1.165, 1.54) is 0 Å². The Hall–Kier alpha value is 1.10. The summed E-state index contributed by atoms with van der Waals surface area (Å²) in [5, 5.41) is 11.5. The van der Waals surface area contributed by atoms with E-state index in [0.717, 1.165) is 38.9 Å². The Bertz CT molecular complexity index is 274. The van der Waals surface area contributed by atoms with E-state index < -0.39 is 0 Å². The first-order valence-electron chi connectivity index (χ1n) is 7.70. The van der Waals surface area contributed by atoms with E-state index in [1.54, 1.807) is 35.3 Å². The Kier molecular flexibility index (Phi) is 23.2. The zero-order valence-electron chi connectivity index (χ0n) is 14.1. The molecule has 0 aliphatic rings. The van der Waals surface area contributed by atoms with Gasteiger partial charge in [0, 0.05) is 26.8 Å². The van der Waals surface area contributed by atoms with Crippen LogP contribution in [0.4, 0.5) is 0 Å². The molecule has 0 aromatic heterocycles. The standard InChI is InChI=1S/C14H28O5S5/c1-2-18-19-6-3-7-20-12-24-13-21-8-4-14(16)17-10-23-11-22-9-5-15/h15H,2-13H2,1H3. The van der Waals surface area contributed by atoms with Crippen LogP contribution in [-0.2, 0) is 19.3 Å². The molecule has 0 aliphatic heterocycles. The molecular formula is C14H28O5S5. The largest absolute Gasteiger partial charge is 0.455 e. The Morgan fingerprint density at radius 1 is 0.917 bits per heavy atom. The number of aliphatic hydroxyl groups is 1. The topological polar surface area (TPSA) is 65.0 Å². The molecule has 0 radical (unpaired) electrons. The van der Waals surface area contributed by atoms with Gasteiger partial charge in [0.1, 0.15) is 5.94 Å². The minimum absolute atomic E-state index is 0.129. The van der Waals surface area contributed by atoms with Crippen molar-refractivity contribution in [3.8, 4) is 0 Å². The van der Waals surface area contributed by atoms with Crippen LogP contribution in [0.25, 0.3) is 0 Å². The smallest absolute Gasteiger partial charge is 0.307 e. The SMILES string of the molecule is CCOOCCCSCSCSCCC(=O)OCSCSCCO. The summed E-state index contributed by atoms with van der Waals surface area (Å²) in [6.45, 7) is 3.35. The number of carbonyl (C=O) groups is 1. The van der Waals surface area contributed by atoms with Crippen LogP contribution in [0.3, 0.4) is 0 Å². The lowest BCUT2D eigenvalue weighted by molar-refractivity contribution is -0.290. The maximum atomic E-state index is 11.5. The van der Waals surface area contributed by atoms with Gasteiger partial charge in [0.2, 0.25) is 0 Å². The molecule has 0 aliphatic carbocycles. The van der Waals surface area contributed by atoms with Crippen molar-refractivity contribution in [1.82, 2.24) is 0 Å². The second kappa shape index (κ2) is 22.1. The normalized spacial score (nSPS) is 10.9. The van der Waals surface area contributed by atoms with Gasteiger partial charge in [-0.05, 0) is 19.1 Å². The predicted octanol–water partition coefficient (Wildman–Crippen LogP) is 3.77. The maximum absolute atomic E-state index is 11.5. The number of rotatable bonds is 19. The minimum atomic E-state index is -0.129. The van der Waals surface area contributed by atoms with Gasteiger partial charge in [0.25, 0.3) is 0 Å². The second-order valence-corrected chi connectivity index (χ2v) is 10.5. The highest BCUT2D eigenvalue weighted by Crippen LogP contribution is 2.19. The summed E-state index contributed by atoms with van der Waals surface area (Å²) in [7, 11) is 0. The second-order valence-electron chi connectivity index (χ2n) is 4.18. The van der Waals surface area contributed by atoms with E-state index in [4.69, 9.17) is 19.6 Å². The van der Waals surface area contributed by atoms with E-state index >= 15 is 0 Å². The van der Waals surface area contributed by atoms with Gasteiger partial charge >= 0.3 is 5.97 Å². The number of ether oxygens (including phenoxy) is 1. The molecule has 0 spiro atoms. The molecule has 0 rings (SSSR count). The van der Waals surface area contributed by atoms with Crippen LogP contribution >= 0.6 is 58.8 Å². The van der Waals surface area contributed by atoms with Gasteiger partial charge in [0.15, 0.2) is 0 Å². The van der Waals surface area contributed by atoms with Crippen LogP contribution < -0.4 is 0 Å². The van der Waals surface area contributed by atoms with E-state index in [1.807, 2.05) is 30.4 Å². The summed E-state index contributed by atoms with van der Waals surface area (Å²) in [6, 6.07) is 0. The monoisotopic (exact) mass is 436 g/mol. The molecule has 144 valence electrons. The molecule has 0 bridgehead atoms.